The van der Waals surface area contributed by atoms with Crippen LogP contribution in [0.25, 0.3) is 0 Å². The summed E-state index contributed by atoms with van der Waals surface area (Å²) in [6, 6.07) is -0.655. The van der Waals surface area contributed by atoms with Gasteiger partial charge in [0.2, 0.25) is 5.91 Å². The lowest BCUT2D eigenvalue weighted by molar-refractivity contribution is -0.143. The van der Waals surface area contributed by atoms with Gasteiger partial charge in [-0.15, -0.1) is 0 Å². The van der Waals surface area contributed by atoms with E-state index in [0.29, 0.717) is 19.4 Å². The minimum Gasteiger partial charge on any atom is -0.466 e. The SMILES string of the molecule is CCC/C=C\C/C=C\CCCCCCCC(=O)OCCCC/C=C\CCCCCCC(=O)NC(CO)C(O)/C=C/CCCCCCCCCCCCCCCCCCC. The minimum atomic E-state index is -0.868. The number of aliphatic hydroxyl groups is 2. The van der Waals surface area contributed by atoms with Crippen LogP contribution < -0.4 is 5.32 Å². The Hall–Kier alpha value is -2.18. The van der Waals surface area contributed by atoms with Crippen molar-refractivity contribution in [2.24, 2.45) is 0 Å². The van der Waals surface area contributed by atoms with Gasteiger partial charge in [0.1, 0.15) is 0 Å². The number of ether oxygens (including phenoxy) is 1. The van der Waals surface area contributed by atoms with E-state index in [4.69, 9.17) is 4.74 Å². The molecule has 0 aromatic rings. The fourth-order valence-corrected chi connectivity index (χ4v) is 7.37. The molecule has 0 aliphatic rings. The maximum absolute atomic E-state index is 12.4. The number of unbranched alkanes of at least 4 members (excludes halogenated alkanes) is 29. The topological polar surface area (TPSA) is 95.9 Å². The number of rotatable bonds is 46. The minimum absolute atomic E-state index is 0.0544. The highest BCUT2D eigenvalue weighted by atomic mass is 16.5. The van der Waals surface area contributed by atoms with Crippen LogP contribution in [0.4, 0.5) is 0 Å². The maximum atomic E-state index is 12.4. The summed E-state index contributed by atoms with van der Waals surface area (Å²) in [7, 11) is 0. The lowest BCUT2D eigenvalue weighted by Crippen LogP contribution is -2.45. The van der Waals surface area contributed by atoms with Gasteiger partial charge in [-0.3, -0.25) is 9.59 Å². The Bertz CT molecular complexity index is 1000. The Balaban J connectivity index is 3.59. The van der Waals surface area contributed by atoms with Crippen molar-refractivity contribution in [2.75, 3.05) is 13.2 Å². The van der Waals surface area contributed by atoms with Crippen LogP contribution in [0.15, 0.2) is 48.6 Å². The molecule has 2 unspecified atom stereocenters. The molecular weight excluding hydrogens is 731 g/mol. The highest BCUT2D eigenvalue weighted by Crippen LogP contribution is 2.15. The summed E-state index contributed by atoms with van der Waals surface area (Å²) in [4.78, 5) is 24.4. The number of aliphatic hydroxyl groups excluding tert-OH is 2. The Kier molecular flexibility index (Phi) is 46.7. The Morgan fingerprint density at radius 2 is 0.881 bits per heavy atom. The van der Waals surface area contributed by atoms with Gasteiger partial charge in [0, 0.05) is 12.8 Å². The molecule has 0 aliphatic heterocycles. The number of carbonyl (C=O) groups is 2. The molecule has 3 N–H and O–H groups in total. The van der Waals surface area contributed by atoms with Crippen molar-refractivity contribution in [3.8, 4) is 0 Å². The molecule has 6 heteroatoms. The predicted molar refractivity (Wildman–Crippen MR) is 255 cm³/mol. The van der Waals surface area contributed by atoms with E-state index in [2.05, 4.69) is 55.6 Å². The maximum Gasteiger partial charge on any atom is 0.305 e. The molecule has 59 heavy (non-hydrogen) atoms. The first-order valence-electron chi connectivity index (χ1n) is 25.4. The van der Waals surface area contributed by atoms with Crippen LogP contribution in [-0.2, 0) is 14.3 Å². The average molecular weight is 828 g/mol. The van der Waals surface area contributed by atoms with Crippen molar-refractivity contribution < 1.29 is 24.5 Å². The molecule has 0 aromatic heterocycles. The largest absolute Gasteiger partial charge is 0.466 e. The Labute approximate surface area is 366 Å². The summed E-state index contributed by atoms with van der Waals surface area (Å²) in [5, 5.41) is 23.1. The average Bonchev–Trinajstić information content (AvgIpc) is 3.24. The van der Waals surface area contributed by atoms with E-state index in [1.165, 1.54) is 135 Å². The van der Waals surface area contributed by atoms with Crippen molar-refractivity contribution in [3.05, 3.63) is 48.6 Å². The molecule has 0 fully saturated rings. The van der Waals surface area contributed by atoms with Gasteiger partial charge in [-0.25, -0.2) is 0 Å². The van der Waals surface area contributed by atoms with E-state index in [1.54, 1.807) is 6.08 Å². The monoisotopic (exact) mass is 828 g/mol. The van der Waals surface area contributed by atoms with E-state index < -0.39 is 12.1 Å². The molecule has 0 rings (SSSR count). The van der Waals surface area contributed by atoms with Gasteiger partial charge >= 0.3 is 5.97 Å². The summed E-state index contributed by atoms with van der Waals surface area (Å²) in [6.07, 6.45) is 59.7. The summed E-state index contributed by atoms with van der Waals surface area (Å²) in [5.41, 5.74) is 0. The third-order valence-electron chi connectivity index (χ3n) is 11.3. The van der Waals surface area contributed by atoms with Gasteiger partial charge < -0.3 is 20.3 Å². The molecular formula is C53H97NO5. The van der Waals surface area contributed by atoms with Crippen LogP contribution in [0, 0.1) is 0 Å². The Morgan fingerprint density at radius 3 is 1.37 bits per heavy atom. The zero-order valence-corrected chi connectivity index (χ0v) is 39.0. The van der Waals surface area contributed by atoms with Crippen molar-refractivity contribution in [3.63, 3.8) is 0 Å². The van der Waals surface area contributed by atoms with E-state index in [1.807, 2.05) is 6.08 Å². The molecule has 0 heterocycles. The third kappa shape index (κ3) is 45.2. The fourth-order valence-electron chi connectivity index (χ4n) is 7.37. The van der Waals surface area contributed by atoms with Gasteiger partial charge in [-0.05, 0) is 83.5 Å². The summed E-state index contributed by atoms with van der Waals surface area (Å²) < 4.78 is 5.41. The number of hydrogen-bond acceptors (Lipinski definition) is 5. The van der Waals surface area contributed by atoms with E-state index in [9.17, 15) is 19.8 Å². The second-order valence-electron chi connectivity index (χ2n) is 17.1. The molecule has 0 radical (unpaired) electrons. The molecule has 0 aromatic carbocycles. The van der Waals surface area contributed by atoms with Gasteiger partial charge in [-0.1, -0.05) is 204 Å². The normalized spacial score (nSPS) is 13.1. The van der Waals surface area contributed by atoms with Crippen LogP contribution in [0.1, 0.15) is 251 Å². The van der Waals surface area contributed by atoms with Gasteiger partial charge in [0.25, 0.3) is 0 Å². The quantitative estimate of drug-likeness (QED) is 0.0323. The third-order valence-corrected chi connectivity index (χ3v) is 11.3. The molecule has 6 nitrogen and oxygen atoms in total. The number of allylic oxidation sites excluding steroid dienone is 7. The summed E-state index contributed by atoms with van der Waals surface area (Å²) in [5.74, 6) is -0.160. The number of esters is 1. The molecule has 0 aliphatic carbocycles. The van der Waals surface area contributed by atoms with Crippen molar-refractivity contribution in [1.29, 1.82) is 0 Å². The first kappa shape index (κ1) is 56.8. The molecule has 0 saturated carbocycles. The lowest BCUT2D eigenvalue weighted by Gasteiger charge is -2.20. The van der Waals surface area contributed by atoms with Crippen molar-refractivity contribution >= 4 is 11.9 Å². The van der Waals surface area contributed by atoms with Crippen molar-refractivity contribution in [1.82, 2.24) is 5.32 Å². The van der Waals surface area contributed by atoms with Crippen LogP contribution >= 0.6 is 0 Å². The highest BCUT2D eigenvalue weighted by Gasteiger charge is 2.18. The molecule has 1 amide bonds. The number of carbonyl (C=O) groups excluding carboxylic acids is 2. The van der Waals surface area contributed by atoms with Crippen LogP contribution in [-0.4, -0.2) is 47.4 Å². The van der Waals surface area contributed by atoms with Gasteiger partial charge in [0.05, 0.1) is 25.4 Å². The zero-order valence-electron chi connectivity index (χ0n) is 39.0. The van der Waals surface area contributed by atoms with Crippen LogP contribution in [0.3, 0.4) is 0 Å². The van der Waals surface area contributed by atoms with Crippen LogP contribution in [0.5, 0.6) is 0 Å². The van der Waals surface area contributed by atoms with E-state index in [-0.39, 0.29) is 18.5 Å². The summed E-state index contributed by atoms with van der Waals surface area (Å²) >= 11 is 0. The fraction of sp³-hybridized carbons (Fsp3) is 0.811. The zero-order chi connectivity index (χ0) is 43.0. The van der Waals surface area contributed by atoms with E-state index in [0.717, 1.165) is 89.9 Å². The van der Waals surface area contributed by atoms with E-state index >= 15 is 0 Å². The molecule has 0 bridgehead atoms. The second-order valence-corrected chi connectivity index (χ2v) is 17.1. The van der Waals surface area contributed by atoms with Crippen LogP contribution in [0.2, 0.25) is 0 Å². The van der Waals surface area contributed by atoms with Gasteiger partial charge in [0.15, 0.2) is 0 Å². The smallest absolute Gasteiger partial charge is 0.305 e. The first-order valence-corrected chi connectivity index (χ1v) is 25.4. The summed E-state index contributed by atoms with van der Waals surface area (Å²) in [6.45, 7) is 4.74. The standard InChI is InChI=1S/C53H97NO5/c1-3-5-7-9-11-13-15-17-18-19-20-21-22-24-25-29-33-37-41-45-51(56)50(49-55)54-52(57)46-42-38-34-30-27-28-32-36-40-44-48-59-53(58)47-43-39-35-31-26-23-16-14-12-10-8-6-4-2/h8,10,14,16,28,32,41,45,50-51,55-56H,3-7,9,11-13,15,17-27,29-31,33-40,42-44,46-49H2,1-2H3,(H,54,57)/b10-8-,16-14-,32-28-,45-41+. The number of nitrogens with one attached hydrogen (secondary N) is 1. The first-order chi connectivity index (χ1) is 29.0. The number of amides is 1. The molecule has 0 spiro atoms. The Morgan fingerprint density at radius 1 is 0.475 bits per heavy atom. The number of hydrogen-bond donors (Lipinski definition) is 3. The predicted octanol–water partition coefficient (Wildman–Crippen LogP) is 15.1. The highest BCUT2D eigenvalue weighted by molar-refractivity contribution is 5.76. The molecule has 344 valence electrons. The van der Waals surface area contributed by atoms with Crippen molar-refractivity contribution in [2.45, 2.75) is 264 Å². The molecule has 0 saturated heterocycles. The lowest BCUT2D eigenvalue weighted by atomic mass is 10.0. The molecule has 2 atom stereocenters. The van der Waals surface area contributed by atoms with Gasteiger partial charge in [-0.2, -0.15) is 0 Å². The second kappa shape index (κ2) is 48.5.